The number of aliphatic hydroxyl groups is 1. The summed E-state index contributed by atoms with van der Waals surface area (Å²) in [7, 11) is 0. The molecule has 25 heteroatoms. The third-order valence-corrected chi connectivity index (χ3v) is 20.0. The highest BCUT2D eigenvalue weighted by Gasteiger charge is 2.53. The van der Waals surface area contributed by atoms with Crippen LogP contribution in [-0.4, -0.2) is 144 Å². The number of amides is 3. The Bertz CT molecular complexity index is 3980. The topological polar surface area (TPSA) is 155 Å². The van der Waals surface area contributed by atoms with E-state index in [0.29, 0.717) is 168 Å². The number of rotatable bonds is 9. The van der Waals surface area contributed by atoms with Crippen LogP contribution in [0.2, 0.25) is 0 Å². The van der Waals surface area contributed by atoms with Crippen molar-refractivity contribution in [2.45, 2.75) is 159 Å². The molecular weight excluding hydrogens is 1260 g/mol. The van der Waals surface area contributed by atoms with Gasteiger partial charge in [0, 0.05) is 127 Å². The van der Waals surface area contributed by atoms with E-state index in [1.807, 2.05) is 49.9 Å². The minimum Gasteiger partial charge on any atom is -0.491 e. The highest BCUT2D eigenvalue weighted by molar-refractivity contribution is 6.05. The second-order valence-electron chi connectivity index (χ2n) is 27.3. The molecule has 0 atom stereocenters. The third kappa shape index (κ3) is 13.7. The van der Waals surface area contributed by atoms with Crippen LogP contribution in [0.25, 0.3) is 10.9 Å². The lowest BCUT2D eigenvalue weighted by atomic mass is 9.80. The number of benzene rings is 3. The fourth-order valence-corrected chi connectivity index (χ4v) is 15.2. The second-order valence-corrected chi connectivity index (χ2v) is 27.3. The molecule has 0 radical (unpaired) electrons. The number of hydrogen-bond acceptors (Lipinski definition) is 10. The van der Waals surface area contributed by atoms with E-state index in [1.54, 1.807) is 96.6 Å². The first-order valence-corrected chi connectivity index (χ1v) is 33.0. The minimum atomic E-state index is -4.38. The molecule has 1 aliphatic carbocycles. The van der Waals surface area contributed by atoms with E-state index in [-0.39, 0.29) is 33.3 Å². The molecular formula is C71H85F9N10O6. The number of alkyl halides is 9. The lowest BCUT2D eigenvalue weighted by Gasteiger charge is -2.52. The molecule has 14 rings (SSSR count). The lowest BCUT2D eigenvalue weighted by molar-refractivity contribution is -0.145. The molecule has 10 heterocycles. The van der Waals surface area contributed by atoms with Crippen LogP contribution in [0.3, 0.4) is 0 Å². The Morgan fingerprint density at radius 2 is 1.06 bits per heavy atom. The van der Waals surface area contributed by atoms with Gasteiger partial charge in [-0.3, -0.25) is 24.3 Å². The Balaban J connectivity index is 0.000000159. The number of likely N-dealkylation sites (tertiary alicyclic amines) is 3. The molecule has 3 spiro atoms. The zero-order valence-electron chi connectivity index (χ0n) is 54.4. The molecule has 7 aliphatic rings. The van der Waals surface area contributed by atoms with E-state index < -0.39 is 57.8 Å². The van der Waals surface area contributed by atoms with Crippen molar-refractivity contribution < 1.29 is 71.3 Å². The number of pyridine rings is 1. The summed E-state index contributed by atoms with van der Waals surface area (Å²) in [5.41, 5.74) is 1.01. The van der Waals surface area contributed by atoms with Crippen LogP contribution in [0.1, 0.15) is 153 Å². The van der Waals surface area contributed by atoms with Crippen molar-refractivity contribution in [1.29, 1.82) is 0 Å². The molecule has 6 aliphatic heterocycles. The molecule has 3 aromatic carbocycles. The SMILES string of the molecule is CC(C)Oc1ccc(C(=O)N2CCC3(CC2)NCCn2c(C(F)(F)F)ccc23)cc1.Cc1cc(C(=O)N2CCC3(CC2)c2ccc(C(F)(F)F)n2CCN3C2CC2)ccc1OCC(C)(C)O.O=C(c1cccc2cccnc12)N1CCC2(CC1)NCCn1c(C(F)(F)F)ccc12.[HH].[HH]. The quantitative estimate of drug-likeness (QED) is 0.119. The molecule has 4 aromatic heterocycles. The first-order chi connectivity index (χ1) is 45.5. The largest absolute Gasteiger partial charge is 0.491 e. The summed E-state index contributed by atoms with van der Waals surface area (Å²) < 4.78 is 136. The molecule has 3 amide bonds. The lowest BCUT2D eigenvalue weighted by Crippen LogP contribution is -2.58. The van der Waals surface area contributed by atoms with E-state index in [4.69, 9.17) is 9.47 Å². The van der Waals surface area contributed by atoms with Crippen molar-refractivity contribution >= 4 is 28.6 Å². The highest BCUT2D eigenvalue weighted by Crippen LogP contribution is 2.50. The Morgan fingerprint density at radius 3 is 1.56 bits per heavy atom. The van der Waals surface area contributed by atoms with Crippen molar-refractivity contribution in [1.82, 2.24) is 48.9 Å². The van der Waals surface area contributed by atoms with E-state index in [9.17, 15) is 59.0 Å². The fourth-order valence-electron chi connectivity index (χ4n) is 15.2. The summed E-state index contributed by atoms with van der Waals surface area (Å²) in [6, 6.07) is 30.5. The minimum absolute atomic E-state index is 0. The predicted octanol–water partition coefficient (Wildman–Crippen LogP) is 12.9. The van der Waals surface area contributed by atoms with Crippen LogP contribution >= 0.6 is 0 Å². The maximum Gasteiger partial charge on any atom is 0.431 e. The van der Waals surface area contributed by atoms with Gasteiger partial charge in [0.2, 0.25) is 0 Å². The molecule has 3 N–H and O–H groups in total. The van der Waals surface area contributed by atoms with Gasteiger partial charge in [-0.05, 0) is 183 Å². The van der Waals surface area contributed by atoms with Gasteiger partial charge in [-0.2, -0.15) is 39.5 Å². The van der Waals surface area contributed by atoms with Gasteiger partial charge in [0.05, 0.1) is 39.4 Å². The first kappa shape index (κ1) is 68.1. The van der Waals surface area contributed by atoms with E-state index >= 15 is 0 Å². The number of hydrogen-bond donors (Lipinski definition) is 3. The molecule has 96 heavy (non-hydrogen) atoms. The van der Waals surface area contributed by atoms with Gasteiger partial charge in [-0.1, -0.05) is 18.2 Å². The van der Waals surface area contributed by atoms with Crippen LogP contribution < -0.4 is 20.1 Å². The first-order valence-electron chi connectivity index (χ1n) is 33.0. The molecule has 1 saturated carbocycles. The third-order valence-electron chi connectivity index (χ3n) is 20.0. The van der Waals surface area contributed by atoms with E-state index in [0.717, 1.165) is 29.5 Å². The van der Waals surface area contributed by atoms with Crippen molar-refractivity contribution in [2.75, 3.05) is 65.5 Å². The Morgan fingerprint density at radius 1 is 0.583 bits per heavy atom. The van der Waals surface area contributed by atoms with Gasteiger partial charge >= 0.3 is 18.5 Å². The Labute approximate surface area is 554 Å². The van der Waals surface area contributed by atoms with Gasteiger partial charge in [-0.15, -0.1) is 0 Å². The molecule has 4 fully saturated rings. The zero-order chi connectivity index (χ0) is 68.3. The predicted molar refractivity (Wildman–Crippen MR) is 346 cm³/mol. The van der Waals surface area contributed by atoms with Gasteiger partial charge in [0.25, 0.3) is 17.7 Å². The number of nitrogens with zero attached hydrogens (tertiary/aromatic N) is 8. The van der Waals surface area contributed by atoms with Crippen LogP contribution in [0, 0.1) is 6.92 Å². The molecule has 16 nitrogen and oxygen atoms in total. The molecule has 0 unspecified atom stereocenters. The van der Waals surface area contributed by atoms with Crippen LogP contribution in [0.15, 0.2) is 115 Å². The Hall–Kier alpha value is -7.87. The van der Waals surface area contributed by atoms with Crippen LogP contribution in [-0.2, 0) is 54.8 Å². The van der Waals surface area contributed by atoms with Crippen LogP contribution in [0.4, 0.5) is 39.5 Å². The number of nitrogens with one attached hydrogen (secondary N) is 2. The van der Waals surface area contributed by atoms with E-state index in [1.165, 1.54) is 31.9 Å². The van der Waals surface area contributed by atoms with Crippen molar-refractivity contribution in [3.05, 3.63) is 172 Å². The smallest absolute Gasteiger partial charge is 0.431 e. The summed E-state index contributed by atoms with van der Waals surface area (Å²) in [6.07, 6.45) is -5.69. The summed E-state index contributed by atoms with van der Waals surface area (Å²) in [5, 5.41) is 17.7. The highest BCUT2D eigenvalue weighted by atomic mass is 19.4. The molecule has 7 aromatic rings. The van der Waals surface area contributed by atoms with Gasteiger partial charge < -0.3 is 53.6 Å². The summed E-state index contributed by atoms with van der Waals surface area (Å²) >= 11 is 0. The van der Waals surface area contributed by atoms with Gasteiger partial charge in [-0.25, -0.2) is 0 Å². The summed E-state index contributed by atoms with van der Waals surface area (Å²) in [5.74, 6) is 1.10. The van der Waals surface area contributed by atoms with Crippen molar-refractivity contribution in [3.8, 4) is 11.5 Å². The number of ether oxygens (including phenoxy) is 2. The number of aryl methyl sites for hydroxylation is 1. The second kappa shape index (κ2) is 26.2. The summed E-state index contributed by atoms with van der Waals surface area (Å²) in [4.78, 5) is 51.6. The number of carbonyl (C=O) groups is 3. The maximum atomic E-state index is 13.6. The van der Waals surface area contributed by atoms with Crippen molar-refractivity contribution in [3.63, 3.8) is 0 Å². The fraction of sp³-hybridized carbons (Fsp3) is 0.493. The molecule has 0 bridgehead atoms. The zero-order valence-corrected chi connectivity index (χ0v) is 54.4. The number of halogens is 9. The number of aromatic nitrogens is 4. The standard InChI is InChI=1S/C27H34F3N3O3.C22H21F3N4O.C22H26F3N3O2.2H2/c1-18-16-19(4-7-21(18)36-17-25(2,3)35)24(34)31-12-10-26(11-13-31)22-8-9-23(27(28,29)30)32(22)14-15-33(26)20-5-6-20;23-22(24,25)18-7-6-17-21(27-11-14-29(17)18)8-12-28(13-9-21)20(30)16-5-1-3-15-4-2-10-26-19(15)16;1-15(2)30-17-5-3-16(4-6-17)20(29)27-12-9-21(10-13-27)18-7-8-19(22(23,24)25)28(18)14-11-26-21;;/h4,7-9,16,20,35H,5-6,10-15,17H2,1-3H3;1-7,10,27H,8-9,11-14H2;3-8,15,26H,9-14H2,1-2H3;2*1H. The average molecular weight is 1350 g/mol. The number of fused-ring (bicyclic) bond motifs is 7. The maximum absolute atomic E-state index is 13.6. The number of para-hydroxylation sites is 1. The number of carbonyl (C=O) groups excluding carboxylic acids is 3. The molecule has 3 saturated heterocycles. The monoisotopic (exact) mass is 1340 g/mol. The van der Waals surface area contributed by atoms with E-state index in [2.05, 4.69) is 20.5 Å². The van der Waals surface area contributed by atoms with Crippen molar-refractivity contribution in [2.24, 2.45) is 0 Å². The summed E-state index contributed by atoms with van der Waals surface area (Å²) in [6.45, 7) is 14.6. The van der Waals surface area contributed by atoms with Gasteiger partial charge in [0.15, 0.2) is 0 Å². The number of piperidine rings is 3. The molecule has 518 valence electrons. The van der Waals surface area contributed by atoms with Crippen LogP contribution in [0.5, 0.6) is 11.5 Å². The normalized spacial score (nSPS) is 19.3. The Kier molecular flexibility index (Phi) is 18.6. The average Bonchev–Trinajstić information content (AvgIpc) is 1.65. The van der Waals surface area contributed by atoms with Gasteiger partial charge in [0.1, 0.15) is 35.2 Å².